The highest BCUT2D eigenvalue weighted by Gasteiger charge is 2.19. The Hall–Kier alpha value is -1.73. The highest BCUT2D eigenvalue weighted by atomic mass is 35.5. The zero-order valence-corrected chi connectivity index (χ0v) is 10.2. The van der Waals surface area contributed by atoms with E-state index in [1.807, 2.05) is 6.92 Å². The van der Waals surface area contributed by atoms with E-state index in [4.69, 9.17) is 18.0 Å². The zero-order chi connectivity index (χ0) is 12.8. The van der Waals surface area contributed by atoms with Crippen molar-refractivity contribution in [1.29, 1.82) is 0 Å². The number of nitrogens with one attached hydrogen (secondary N) is 1. The lowest BCUT2D eigenvalue weighted by atomic mass is 10.1. The van der Waals surface area contributed by atoms with Crippen molar-refractivity contribution >= 4 is 23.0 Å². The number of nitro benzene ring substituents is 1. The van der Waals surface area contributed by atoms with E-state index in [0.717, 1.165) is 6.42 Å². The lowest BCUT2D eigenvalue weighted by Crippen LogP contribution is -2.18. The van der Waals surface area contributed by atoms with Crippen LogP contribution in [0.2, 0.25) is 5.02 Å². The van der Waals surface area contributed by atoms with Crippen molar-refractivity contribution in [3.8, 4) is 12.3 Å². The molecule has 1 N–H and O–H groups in total. The van der Waals surface area contributed by atoms with Crippen LogP contribution in [0.4, 0.5) is 11.4 Å². The first kappa shape index (κ1) is 13.3. The van der Waals surface area contributed by atoms with Gasteiger partial charge in [0, 0.05) is 12.5 Å². The molecule has 0 aromatic heterocycles. The van der Waals surface area contributed by atoms with Gasteiger partial charge in [-0.25, -0.2) is 0 Å². The lowest BCUT2D eigenvalue weighted by Gasteiger charge is -2.15. The predicted octanol–water partition coefficient (Wildman–Crippen LogP) is 3.46. The number of terminal acetylenes is 1. The minimum absolute atomic E-state index is 0.0113. The maximum atomic E-state index is 10.9. The minimum Gasteiger partial charge on any atom is -0.376 e. The summed E-state index contributed by atoms with van der Waals surface area (Å²) in [6, 6.07) is 4.80. The number of nitro groups is 1. The molecule has 0 heterocycles. The van der Waals surface area contributed by atoms with Gasteiger partial charge in [-0.3, -0.25) is 10.1 Å². The summed E-state index contributed by atoms with van der Waals surface area (Å²) in [6.07, 6.45) is 6.54. The monoisotopic (exact) mass is 252 g/mol. The molecule has 17 heavy (non-hydrogen) atoms. The van der Waals surface area contributed by atoms with E-state index < -0.39 is 4.92 Å². The first-order valence-electron chi connectivity index (χ1n) is 5.23. The van der Waals surface area contributed by atoms with Gasteiger partial charge in [-0.05, 0) is 18.6 Å². The summed E-state index contributed by atoms with van der Waals surface area (Å²) in [5, 5.41) is 14.1. The van der Waals surface area contributed by atoms with Crippen LogP contribution in [0.25, 0.3) is 0 Å². The third-order valence-electron chi connectivity index (χ3n) is 2.39. The van der Waals surface area contributed by atoms with Crippen LogP contribution in [-0.4, -0.2) is 11.0 Å². The predicted molar refractivity (Wildman–Crippen MR) is 69.3 cm³/mol. The standard InChI is InChI=1S/C12H13ClN2O2/c1-3-6-9(4-2)14-11-8-5-7-10(13)12(11)15(16)17/h1,5,7-9,14H,4,6H2,2H3. The number of nitrogens with zero attached hydrogens (tertiary/aromatic N) is 1. The van der Waals surface area contributed by atoms with Crippen molar-refractivity contribution in [2.45, 2.75) is 25.8 Å². The van der Waals surface area contributed by atoms with Crippen LogP contribution < -0.4 is 5.32 Å². The van der Waals surface area contributed by atoms with E-state index in [2.05, 4.69) is 11.2 Å². The Kier molecular flexibility index (Phi) is 4.80. The first-order chi connectivity index (χ1) is 8.10. The Morgan fingerprint density at radius 2 is 2.35 bits per heavy atom. The second-order valence-corrected chi connectivity index (χ2v) is 3.96. The maximum absolute atomic E-state index is 10.9. The molecule has 0 aliphatic rings. The molecule has 0 aliphatic carbocycles. The summed E-state index contributed by atoms with van der Waals surface area (Å²) >= 11 is 5.81. The van der Waals surface area contributed by atoms with Crippen molar-refractivity contribution in [2.75, 3.05) is 5.32 Å². The van der Waals surface area contributed by atoms with Gasteiger partial charge in [0.15, 0.2) is 0 Å². The minimum atomic E-state index is -0.493. The number of benzene rings is 1. The SMILES string of the molecule is C#CCC(CC)Nc1cccc(Cl)c1[N+](=O)[O-]. The largest absolute Gasteiger partial charge is 0.376 e. The molecule has 4 nitrogen and oxygen atoms in total. The summed E-state index contributed by atoms with van der Waals surface area (Å²) in [6.45, 7) is 1.96. The molecule has 0 spiro atoms. The van der Waals surface area contributed by atoms with Crippen molar-refractivity contribution in [1.82, 2.24) is 0 Å². The highest BCUT2D eigenvalue weighted by molar-refractivity contribution is 6.33. The average Bonchev–Trinajstić information content (AvgIpc) is 2.28. The maximum Gasteiger partial charge on any atom is 0.310 e. The zero-order valence-electron chi connectivity index (χ0n) is 9.44. The number of para-hydroxylation sites is 1. The molecule has 90 valence electrons. The van der Waals surface area contributed by atoms with E-state index in [9.17, 15) is 10.1 Å². The van der Waals surface area contributed by atoms with Gasteiger partial charge in [0.25, 0.3) is 0 Å². The van der Waals surface area contributed by atoms with Crippen molar-refractivity contribution in [3.05, 3.63) is 33.3 Å². The van der Waals surface area contributed by atoms with Gasteiger partial charge < -0.3 is 5.32 Å². The van der Waals surface area contributed by atoms with Gasteiger partial charge >= 0.3 is 5.69 Å². The quantitative estimate of drug-likeness (QED) is 0.496. The molecule has 1 aromatic carbocycles. The summed E-state index contributed by atoms with van der Waals surface area (Å²) in [7, 11) is 0. The smallest absolute Gasteiger partial charge is 0.310 e. The second-order valence-electron chi connectivity index (χ2n) is 3.55. The fourth-order valence-corrected chi connectivity index (χ4v) is 1.72. The number of hydrogen-bond acceptors (Lipinski definition) is 3. The molecule has 0 aliphatic heterocycles. The molecule has 1 unspecified atom stereocenters. The Morgan fingerprint density at radius 3 is 2.88 bits per heavy atom. The van der Waals surface area contributed by atoms with E-state index in [1.165, 1.54) is 6.07 Å². The topological polar surface area (TPSA) is 55.2 Å². The van der Waals surface area contributed by atoms with Crippen molar-refractivity contribution in [3.63, 3.8) is 0 Å². The Balaban J connectivity index is 3.02. The molecular weight excluding hydrogens is 240 g/mol. The third kappa shape index (κ3) is 3.36. The average molecular weight is 253 g/mol. The fourth-order valence-electron chi connectivity index (χ4n) is 1.48. The highest BCUT2D eigenvalue weighted by Crippen LogP contribution is 2.32. The van der Waals surface area contributed by atoms with Gasteiger partial charge in [0.05, 0.1) is 4.92 Å². The van der Waals surface area contributed by atoms with Gasteiger partial charge in [0.2, 0.25) is 0 Å². The van der Waals surface area contributed by atoms with Gasteiger partial charge in [0.1, 0.15) is 10.7 Å². The Morgan fingerprint density at radius 1 is 1.65 bits per heavy atom. The summed E-state index contributed by atoms with van der Waals surface area (Å²) in [4.78, 5) is 10.4. The molecule has 1 rings (SSSR count). The summed E-state index contributed by atoms with van der Waals surface area (Å²) in [5.74, 6) is 2.54. The number of rotatable bonds is 5. The van der Waals surface area contributed by atoms with E-state index in [1.54, 1.807) is 12.1 Å². The van der Waals surface area contributed by atoms with E-state index in [0.29, 0.717) is 12.1 Å². The number of halogens is 1. The Bertz CT molecular complexity index is 454. The Labute approximate surface area is 105 Å². The van der Waals surface area contributed by atoms with Crippen LogP contribution in [0.5, 0.6) is 0 Å². The summed E-state index contributed by atoms with van der Waals surface area (Å²) < 4.78 is 0. The molecule has 0 saturated carbocycles. The van der Waals surface area contributed by atoms with Crippen molar-refractivity contribution < 1.29 is 4.92 Å². The van der Waals surface area contributed by atoms with Gasteiger partial charge in [-0.1, -0.05) is 24.6 Å². The molecular formula is C12H13ClN2O2. The molecule has 0 amide bonds. The molecule has 0 bridgehead atoms. The van der Waals surface area contributed by atoms with Crippen LogP contribution in [0.15, 0.2) is 18.2 Å². The first-order valence-corrected chi connectivity index (χ1v) is 5.60. The fraction of sp³-hybridized carbons (Fsp3) is 0.333. The van der Waals surface area contributed by atoms with Crippen LogP contribution in [-0.2, 0) is 0 Å². The molecule has 5 heteroatoms. The van der Waals surface area contributed by atoms with Crippen LogP contribution in [0, 0.1) is 22.5 Å². The van der Waals surface area contributed by atoms with E-state index in [-0.39, 0.29) is 16.8 Å². The number of anilines is 1. The second kappa shape index (κ2) is 6.12. The van der Waals surface area contributed by atoms with Crippen molar-refractivity contribution in [2.24, 2.45) is 0 Å². The molecule has 1 atom stereocenters. The number of hydrogen-bond donors (Lipinski definition) is 1. The van der Waals surface area contributed by atoms with E-state index >= 15 is 0 Å². The molecule has 0 saturated heterocycles. The summed E-state index contributed by atoms with van der Waals surface area (Å²) in [5.41, 5.74) is 0.300. The van der Waals surface area contributed by atoms with Gasteiger partial charge in [-0.2, -0.15) is 0 Å². The molecule has 0 radical (unpaired) electrons. The molecule has 0 fully saturated rings. The normalized spacial score (nSPS) is 11.6. The lowest BCUT2D eigenvalue weighted by molar-refractivity contribution is -0.383. The molecule has 1 aromatic rings. The third-order valence-corrected chi connectivity index (χ3v) is 2.69. The van der Waals surface area contributed by atoms with Crippen LogP contribution in [0.3, 0.4) is 0 Å². The van der Waals surface area contributed by atoms with Gasteiger partial charge in [-0.15, -0.1) is 12.3 Å². The van der Waals surface area contributed by atoms with Crippen LogP contribution in [0.1, 0.15) is 19.8 Å². The van der Waals surface area contributed by atoms with Crippen LogP contribution >= 0.6 is 11.6 Å².